The molecule has 0 amide bonds. The van der Waals surface area contributed by atoms with Gasteiger partial charge in [0.1, 0.15) is 9.84 Å². The molecule has 0 saturated carbocycles. The van der Waals surface area contributed by atoms with Gasteiger partial charge in [0.2, 0.25) is 0 Å². The molecular weight excluding hydrogens is 318 g/mol. The summed E-state index contributed by atoms with van der Waals surface area (Å²) in [6, 6.07) is 3.56. The number of nitrogens with zero attached hydrogens (tertiary/aromatic N) is 1. The van der Waals surface area contributed by atoms with Crippen LogP contribution in [-0.2, 0) is 9.84 Å². The van der Waals surface area contributed by atoms with Crippen LogP contribution in [0.3, 0.4) is 0 Å². The average molecular weight is 336 g/mol. The number of hydrogen-bond acceptors (Lipinski definition) is 5. The quantitative estimate of drug-likeness (QED) is 0.583. The monoisotopic (exact) mass is 335 g/mol. The maximum absolute atomic E-state index is 11.4. The molecule has 0 spiro atoms. The third-order valence-corrected chi connectivity index (χ3v) is 5.17. The number of rotatable bonds is 7. The van der Waals surface area contributed by atoms with E-state index in [4.69, 9.17) is 5.84 Å². The van der Waals surface area contributed by atoms with Crippen molar-refractivity contribution in [2.45, 2.75) is 25.8 Å². The van der Waals surface area contributed by atoms with E-state index in [1.807, 2.05) is 12.1 Å². The molecule has 18 heavy (non-hydrogen) atoms. The second-order valence-electron chi connectivity index (χ2n) is 3.97. The van der Waals surface area contributed by atoms with Crippen LogP contribution in [-0.4, -0.2) is 24.9 Å². The third-order valence-electron chi connectivity index (χ3n) is 2.71. The van der Waals surface area contributed by atoms with Crippen LogP contribution in [0.5, 0.6) is 0 Å². The van der Waals surface area contributed by atoms with E-state index in [0.29, 0.717) is 12.8 Å². The summed E-state index contributed by atoms with van der Waals surface area (Å²) in [5.74, 6) is 5.86. The molecule has 0 fully saturated rings. The third kappa shape index (κ3) is 4.64. The highest BCUT2D eigenvalue weighted by atomic mass is 79.9. The maximum atomic E-state index is 11.4. The van der Waals surface area contributed by atoms with Gasteiger partial charge in [0.05, 0.1) is 17.5 Å². The van der Waals surface area contributed by atoms with E-state index in [9.17, 15) is 8.42 Å². The van der Waals surface area contributed by atoms with Crippen LogP contribution in [0.1, 0.15) is 31.5 Å². The van der Waals surface area contributed by atoms with Crippen LogP contribution in [0.2, 0.25) is 0 Å². The van der Waals surface area contributed by atoms with Crippen molar-refractivity contribution in [3.05, 3.63) is 28.5 Å². The van der Waals surface area contributed by atoms with Gasteiger partial charge in [0.25, 0.3) is 0 Å². The van der Waals surface area contributed by atoms with Crippen molar-refractivity contribution >= 4 is 25.8 Å². The smallest absolute Gasteiger partial charge is 0.150 e. The fourth-order valence-electron chi connectivity index (χ4n) is 1.61. The lowest BCUT2D eigenvalue weighted by atomic mass is 10.1. The van der Waals surface area contributed by atoms with Crippen LogP contribution >= 0.6 is 15.9 Å². The molecule has 102 valence electrons. The lowest BCUT2D eigenvalue weighted by Crippen LogP contribution is -2.29. The molecule has 0 radical (unpaired) electrons. The minimum Gasteiger partial charge on any atom is -0.271 e. The van der Waals surface area contributed by atoms with Crippen molar-refractivity contribution in [2.24, 2.45) is 5.84 Å². The lowest BCUT2D eigenvalue weighted by molar-refractivity contribution is 0.494. The number of sulfone groups is 1. The fraction of sp³-hybridized carbons (Fsp3) is 0.545. The van der Waals surface area contributed by atoms with Crippen molar-refractivity contribution in [3.8, 4) is 0 Å². The van der Waals surface area contributed by atoms with E-state index in [1.54, 1.807) is 13.1 Å². The molecule has 0 aromatic carbocycles. The van der Waals surface area contributed by atoms with Gasteiger partial charge in [-0.15, -0.1) is 0 Å². The van der Waals surface area contributed by atoms with Crippen LogP contribution in [0.15, 0.2) is 22.8 Å². The summed E-state index contributed by atoms with van der Waals surface area (Å²) in [5.41, 5.74) is 3.48. The summed E-state index contributed by atoms with van der Waals surface area (Å²) in [5, 5.41) is 0. The van der Waals surface area contributed by atoms with Gasteiger partial charge in [-0.1, -0.05) is 6.92 Å². The molecule has 1 atom stereocenters. The first-order chi connectivity index (χ1) is 8.50. The molecule has 1 aromatic rings. The lowest BCUT2D eigenvalue weighted by Gasteiger charge is -2.16. The molecular formula is C11H18BrN3O2S. The number of nitrogens with one attached hydrogen (secondary N) is 1. The first kappa shape index (κ1) is 15.6. The van der Waals surface area contributed by atoms with E-state index in [-0.39, 0.29) is 17.5 Å². The Kier molecular flexibility index (Phi) is 6.20. The second-order valence-corrected chi connectivity index (χ2v) is 7.30. The van der Waals surface area contributed by atoms with Gasteiger partial charge >= 0.3 is 0 Å². The van der Waals surface area contributed by atoms with Gasteiger partial charge in [-0.05, 0) is 40.9 Å². The second kappa shape index (κ2) is 7.18. The number of aromatic nitrogens is 1. The van der Waals surface area contributed by atoms with Gasteiger partial charge < -0.3 is 0 Å². The van der Waals surface area contributed by atoms with E-state index < -0.39 is 9.84 Å². The van der Waals surface area contributed by atoms with E-state index in [0.717, 1.165) is 10.2 Å². The molecule has 7 heteroatoms. The zero-order valence-electron chi connectivity index (χ0n) is 10.3. The molecule has 1 rings (SSSR count). The Morgan fingerprint density at radius 3 is 2.83 bits per heavy atom. The molecule has 1 aromatic heterocycles. The normalized spacial score (nSPS) is 13.5. The molecule has 0 saturated heterocycles. The van der Waals surface area contributed by atoms with Crippen molar-refractivity contribution in [1.29, 1.82) is 0 Å². The zero-order valence-corrected chi connectivity index (χ0v) is 12.7. The minimum atomic E-state index is -2.92. The van der Waals surface area contributed by atoms with Crippen LogP contribution in [0.4, 0.5) is 0 Å². The average Bonchev–Trinajstić information content (AvgIpc) is 2.36. The number of hydrazine groups is 1. The first-order valence-corrected chi connectivity index (χ1v) is 8.38. The highest BCUT2D eigenvalue weighted by molar-refractivity contribution is 9.10. The Morgan fingerprint density at radius 2 is 2.28 bits per heavy atom. The van der Waals surface area contributed by atoms with Crippen LogP contribution in [0.25, 0.3) is 0 Å². The number of halogens is 1. The highest BCUT2D eigenvalue weighted by Crippen LogP contribution is 2.23. The minimum absolute atomic E-state index is 0.146. The Labute approximate surface area is 116 Å². The van der Waals surface area contributed by atoms with Crippen molar-refractivity contribution < 1.29 is 8.42 Å². The predicted octanol–water partition coefficient (Wildman–Crippen LogP) is 1.56. The van der Waals surface area contributed by atoms with E-state index >= 15 is 0 Å². The number of pyridine rings is 1. The SMILES string of the molecule is CCS(=O)(=O)CCCC(NN)c1ncccc1Br. The standard InChI is InChI=1S/C11H18BrN3O2S/c1-2-18(16,17)8-4-6-10(15-13)11-9(12)5-3-7-14-11/h3,5,7,10,15H,2,4,6,8,13H2,1H3. The zero-order chi connectivity index (χ0) is 13.6. The molecule has 0 aliphatic heterocycles. The molecule has 0 aliphatic carbocycles. The van der Waals surface area contributed by atoms with Gasteiger partial charge in [-0.3, -0.25) is 16.3 Å². The van der Waals surface area contributed by atoms with Gasteiger partial charge in [-0.2, -0.15) is 0 Å². The highest BCUT2D eigenvalue weighted by Gasteiger charge is 2.15. The molecule has 0 bridgehead atoms. The van der Waals surface area contributed by atoms with Crippen molar-refractivity contribution in [1.82, 2.24) is 10.4 Å². The Morgan fingerprint density at radius 1 is 1.56 bits per heavy atom. The topological polar surface area (TPSA) is 85.1 Å². The summed E-state index contributed by atoms with van der Waals surface area (Å²) in [6.45, 7) is 1.66. The predicted molar refractivity (Wildman–Crippen MR) is 75.6 cm³/mol. The summed E-state index contributed by atoms with van der Waals surface area (Å²) < 4.78 is 23.7. The molecule has 0 aliphatic rings. The van der Waals surface area contributed by atoms with Gasteiger partial charge in [0, 0.05) is 16.4 Å². The summed E-state index contributed by atoms with van der Waals surface area (Å²) in [7, 11) is -2.92. The molecule has 1 heterocycles. The largest absolute Gasteiger partial charge is 0.271 e. The fourth-order valence-corrected chi connectivity index (χ4v) is 3.03. The van der Waals surface area contributed by atoms with Gasteiger partial charge in [0.15, 0.2) is 0 Å². The Hall–Kier alpha value is -0.500. The first-order valence-electron chi connectivity index (χ1n) is 5.77. The van der Waals surface area contributed by atoms with Crippen molar-refractivity contribution in [2.75, 3.05) is 11.5 Å². The van der Waals surface area contributed by atoms with Crippen LogP contribution < -0.4 is 11.3 Å². The molecule has 3 N–H and O–H groups in total. The molecule has 5 nitrogen and oxygen atoms in total. The summed E-state index contributed by atoms with van der Waals surface area (Å²) in [4.78, 5) is 4.25. The van der Waals surface area contributed by atoms with Crippen LogP contribution in [0, 0.1) is 0 Å². The number of nitrogens with two attached hydrogens (primary N) is 1. The van der Waals surface area contributed by atoms with E-state index in [2.05, 4.69) is 26.3 Å². The Balaban J connectivity index is 2.61. The van der Waals surface area contributed by atoms with Gasteiger partial charge in [-0.25, -0.2) is 8.42 Å². The summed E-state index contributed by atoms with van der Waals surface area (Å²) >= 11 is 3.41. The van der Waals surface area contributed by atoms with E-state index in [1.165, 1.54) is 0 Å². The maximum Gasteiger partial charge on any atom is 0.150 e. The van der Waals surface area contributed by atoms with Crippen molar-refractivity contribution in [3.63, 3.8) is 0 Å². The summed E-state index contributed by atoms with van der Waals surface area (Å²) in [6.07, 6.45) is 2.88. The Bertz CT molecular complexity index is 479. The number of hydrogen-bond donors (Lipinski definition) is 2. The molecule has 1 unspecified atom stereocenters.